The van der Waals surface area contributed by atoms with Gasteiger partial charge >= 0.3 is 0 Å². The predicted octanol–water partition coefficient (Wildman–Crippen LogP) is 3.52. The van der Waals surface area contributed by atoms with Crippen LogP contribution in [0, 0.1) is 5.82 Å². The second kappa shape index (κ2) is 6.40. The molecule has 3 aromatic rings. The molecule has 0 radical (unpaired) electrons. The fourth-order valence-electron chi connectivity index (χ4n) is 2.88. The van der Waals surface area contributed by atoms with E-state index >= 15 is 0 Å². The minimum Gasteiger partial charge on any atom is -0.385 e. The van der Waals surface area contributed by atoms with Crippen LogP contribution >= 0.6 is 11.9 Å². The Balaban J connectivity index is 1.80. The lowest BCUT2D eigenvalue weighted by Gasteiger charge is -2.18. The van der Waals surface area contributed by atoms with Crippen LogP contribution in [0.25, 0.3) is 11.3 Å². The van der Waals surface area contributed by atoms with Gasteiger partial charge in [-0.05, 0) is 42.5 Å². The van der Waals surface area contributed by atoms with Gasteiger partial charge in [0.1, 0.15) is 11.6 Å². The molecule has 0 unspecified atom stereocenters. The van der Waals surface area contributed by atoms with Crippen LogP contribution in [0.2, 0.25) is 0 Å². The number of benzene rings is 1. The van der Waals surface area contributed by atoms with Crippen molar-refractivity contribution in [2.24, 2.45) is 0 Å². The van der Waals surface area contributed by atoms with E-state index in [0.717, 1.165) is 52.6 Å². The first-order valence-electron chi connectivity index (χ1n) is 8.09. The molecular weight excluding hydrogens is 337 g/mol. The van der Waals surface area contributed by atoms with Crippen molar-refractivity contribution >= 4 is 29.1 Å². The molecule has 1 N–H and O–H groups in total. The van der Waals surface area contributed by atoms with Crippen molar-refractivity contribution in [1.82, 2.24) is 19.9 Å². The zero-order valence-electron chi connectivity index (χ0n) is 13.9. The molecule has 2 aromatic heterocycles. The largest absolute Gasteiger partial charge is 0.385 e. The maximum Gasteiger partial charge on any atom is 0.166 e. The topological polar surface area (TPSA) is 45.5 Å². The Kier molecular flexibility index (Phi) is 4.09. The molecule has 0 saturated carbocycles. The number of anilines is 1. The smallest absolute Gasteiger partial charge is 0.166 e. The van der Waals surface area contributed by atoms with Crippen molar-refractivity contribution in [1.29, 1.82) is 0 Å². The molecule has 25 heavy (non-hydrogen) atoms. The summed E-state index contributed by atoms with van der Waals surface area (Å²) in [5.74, 6) is 0.554. The van der Waals surface area contributed by atoms with E-state index in [1.165, 1.54) is 18.0 Å². The Labute approximate surface area is 149 Å². The third-order valence-corrected chi connectivity index (χ3v) is 5.27. The van der Waals surface area contributed by atoms with E-state index in [-0.39, 0.29) is 5.82 Å². The number of hydrogen-bond donors (Lipinski definition) is 1. The summed E-state index contributed by atoms with van der Waals surface area (Å²) in [6.45, 7) is 4.90. The average Bonchev–Trinajstić information content (AvgIpc) is 3.02. The van der Waals surface area contributed by atoms with E-state index in [2.05, 4.69) is 17.0 Å². The van der Waals surface area contributed by atoms with Gasteiger partial charge in [0.05, 0.1) is 11.8 Å². The number of halogens is 1. The molecule has 1 aliphatic heterocycles. The zero-order valence-corrected chi connectivity index (χ0v) is 14.7. The number of aromatic nitrogens is 3. The monoisotopic (exact) mass is 355 g/mol. The second-order valence-corrected chi connectivity index (χ2v) is 7.13. The Hall–Kier alpha value is -2.54. The highest BCUT2D eigenvalue weighted by Gasteiger charge is 2.15. The lowest BCUT2D eigenvalue weighted by Crippen LogP contribution is -2.13. The Bertz CT molecular complexity index is 952. The summed E-state index contributed by atoms with van der Waals surface area (Å²) in [7, 11) is 1.93. The van der Waals surface area contributed by atoms with Crippen LogP contribution in [0.15, 0.2) is 48.1 Å². The van der Waals surface area contributed by atoms with Crippen LogP contribution in [0.1, 0.15) is 17.5 Å². The van der Waals surface area contributed by atoms with Crippen molar-refractivity contribution in [3.63, 3.8) is 0 Å². The van der Waals surface area contributed by atoms with Gasteiger partial charge in [0.2, 0.25) is 0 Å². The Morgan fingerprint density at radius 1 is 1.32 bits per heavy atom. The van der Waals surface area contributed by atoms with Crippen LogP contribution in [-0.2, 0) is 6.42 Å². The molecule has 4 rings (SSSR count). The minimum atomic E-state index is -0.225. The number of rotatable bonds is 0. The first-order chi connectivity index (χ1) is 12.1. The predicted molar refractivity (Wildman–Crippen MR) is 99.0 cm³/mol. The van der Waals surface area contributed by atoms with E-state index < -0.39 is 0 Å². The van der Waals surface area contributed by atoms with Crippen LogP contribution < -0.4 is 9.62 Å². The van der Waals surface area contributed by atoms with Crippen molar-refractivity contribution in [2.75, 3.05) is 17.9 Å². The molecule has 0 amide bonds. The first-order valence-corrected chi connectivity index (χ1v) is 8.87. The molecule has 2 bridgehead atoms. The lowest BCUT2D eigenvalue weighted by molar-refractivity contribution is 0.621. The summed E-state index contributed by atoms with van der Waals surface area (Å²) in [5.41, 5.74) is 3.59. The first kappa shape index (κ1) is 16.0. The molecule has 0 aliphatic carbocycles. The Morgan fingerprint density at radius 2 is 2.20 bits per heavy atom. The normalized spacial score (nSPS) is 15.3. The number of nitrogens with zero attached hydrogens (tertiary/aromatic N) is 4. The molecule has 3 heterocycles. The van der Waals surface area contributed by atoms with Crippen LogP contribution in [0.4, 0.5) is 10.2 Å². The van der Waals surface area contributed by atoms with Gasteiger partial charge in [-0.1, -0.05) is 12.6 Å². The van der Waals surface area contributed by atoms with E-state index in [9.17, 15) is 4.39 Å². The summed E-state index contributed by atoms with van der Waals surface area (Å²) in [5, 5.41) is 7.68. The van der Waals surface area contributed by atoms with Gasteiger partial charge in [-0.3, -0.25) is 4.31 Å². The molecule has 1 aliphatic rings. The van der Waals surface area contributed by atoms with E-state index in [1.54, 1.807) is 16.8 Å². The summed E-state index contributed by atoms with van der Waals surface area (Å²) >= 11 is 1.48. The molecule has 0 spiro atoms. The van der Waals surface area contributed by atoms with E-state index in [0.29, 0.717) is 0 Å². The fraction of sp³-hybridized carbons (Fsp3) is 0.222. The summed E-state index contributed by atoms with van der Waals surface area (Å²) < 4.78 is 17.4. The standard InChI is InChI=1S/C18H18FN5S/c1-12-15-11-21-24-9-7-17(22-18(15)24)23(2)25-16-10-14(19)6-5-13(16)4-3-8-20-12/h5-7,9-11,20H,1,3-4,8H2,2H3. The number of fused-ring (bicyclic) bond motifs is 2. The van der Waals surface area contributed by atoms with Gasteiger partial charge in [-0.15, -0.1) is 0 Å². The van der Waals surface area contributed by atoms with Crippen molar-refractivity contribution in [3.8, 4) is 0 Å². The third-order valence-electron chi connectivity index (χ3n) is 4.23. The molecule has 128 valence electrons. The Morgan fingerprint density at radius 3 is 3.08 bits per heavy atom. The summed E-state index contributed by atoms with van der Waals surface area (Å²) in [6, 6.07) is 6.87. The van der Waals surface area contributed by atoms with Crippen LogP contribution in [0.3, 0.4) is 0 Å². The SMILES string of the molecule is C=C1NCCCc2ccc(F)cc2SN(C)c2ccn3ncc1c3n2. The molecule has 0 saturated heterocycles. The van der Waals surface area contributed by atoms with Crippen molar-refractivity contribution in [3.05, 3.63) is 60.2 Å². The van der Waals surface area contributed by atoms with Gasteiger partial charge in [0.25, 0.3) is 0 Å². The quantitative estimate of drug-likeness (QED) is 0.625. The van der Waals surface area contributed by atoms with E-state index in [1.807, 2.05) is 29.7 Å². The fourth-order valence-corrected chi connectivity index (χ4v) is 3.82. The molecule has 0 atom stereocenters. The summed E-state index contributed by atoms with van der Waals surface area (Å²) in [4.78, 5) is 5.63. The lowest BCUT2D eigenvalue weighted by atomic mass is 10.1. The highest BCUT2D eigenvalue weighted by molar-refractivity contribution is 8.00. The highest BCUT2D eigenvalue weighted by Crippen LogP contribution is 2.31. The molecule has 7 heteroatoms. The minimum absolute atomic E-state index is 0.225. The van der Waals surface area contributed by atoms with Crippen molar-refractivity contribution in [2.45, 2.75) is 17.7 Å². The zero-order chi connectivity index (χ0) is 17.4. The second-order valence-electron chi connectivity index (χ2n) is 5.96. The molecule has 5 nitrogen and oxygen atoms in total. The van der Waals surface area contributed by atoms with Crippen LogP contribution in [0.5, 0.6) is 0 Å². The number of nitrogens with one attached hydrogen (secondary N) is 1. The number of aryl methyl sites for hydroxylation is 1. The molecular formula is C18H18FN5S. The third kappa shape index (κ3) is 3.07. The summed E-state index contributed by atoms with van der Waals surface area (Å²) in [6.07, 6.45) is 5.44. The molecule has 1 aromatic carbocycles. The van der Waals surface area contributed by atoms with Gasteiger partial charge in [0.15, 0.2) is 5.65 Å². The average molecular weight is 355 g/mol. The number of hydrogen-bond acceptors (Lipinski definition) is 5. The maximum absolute atomic E-state index is 13.7. The van der Waals surface area contributed by atoms with E-state index in [4.69, 9.17) is 4.98 Å². The highest BCUT2D eigenvalue weighted by atomic mass is 32.2. The van der Waals surface area contributed by atoms with Crippen LogP contribution in [-0.4, -0.2) is 28.2 Å². The van der Waals surface area contributed by atoms with Gasteiger partial charge in [-0.2, -0.15) is 5.10 Å². The maximum atomic E-state index is 13.7. The van der Waals surface area contributed by atoms with Gasteiger partial charge in [-0.25, -0.2) is 13.9 Å². The van der Waals surface area contributed by atoms with Gasteiger partial charge in [0, 0.05) is 36.4 Å². The molecule has 0 fully saturated rings. The van der Waals surface area contributed by atoms with Crippen molar-refractivity contribution < 1.29 is 4.39 Å². The van der Waals surface area contributed by atoms with Gasteiger partial charge < -0.3 is 5.32 Å².